The fraction of sp³-hybridized carbons (Fsp3) is 1.00. The molecular weight excluding hydrogens is 154 g/mol. The van der Waals surface area contributed by atoms with Gasteiger partial charge >= 0.3 is 0 Å². The molecule has 2 atom stereocenters. The summed E-state index contributed by atoms with van der Waals surface area (Å²) >= 11 is 0. The maximum Gasteiger partial charge on any atom is 0.0675 e. The van der Waals surface area contributed by atoms with Crippen molar-refractivity contribution in [1.29, 1.82) is 0 Å². The second-order valence-electron chi connectivity index (χ2n) is 2.42. The van der Waals surface area contributed by atoms with Crippen LogP contribution in [0.2, 0.25) is 0 Å². The standard InChI is InChI=1S/C6H13NO.ClH.H2O/c1-5-3-7-4-6(2)8-5;;/h5-7H,3-4H2,1-2H3;1H;1H2. The largest absolute Gasteiger partial charge is 0.412 e. The Labute approximate surface area is 67.9 Å². The van der Waals surface area contributed by atoms with E-state index in [9.17, 15) is 0 Å². The second kappa shape index (κ2) is 5.92. The Bertz CT molecular complexity index is 74.1. The molecule has 1 aliphatic heterocycles. The fourth-order valence-electron chi connectivity index (χ4n) is 0.983. The minimum Gasteiger partial charge on any atom is -0.412 e. The van der Waals surface area contributed by atoms with Gasteiger partial charge in [0, 0.05) is 13.1 Å². The third-order valence-electron chi connectivity index (χ3n) is 1.33. The van der Waals surface area contributed by atoms with Crippen molar-refractivity contribution in [1.82, 2.24) is 5.32 Å². The molecule has 0 aromatic heterocycles. The topological polar surface area (TPSA) is 52.8 Å². The Morgan fingerprint density at radius 3 is 1.80 bits per heavy atom. The van der Waals surface area contributed by atoms with Gasteiger partial charge in [-0.2, -0.15) is 0 Å². The highest BCUT2D eigenvalue weighted by atomic mass is 35.5. The molecule has 0 radical (unpaired) electrons. The monoisotopic (exact) mass is 169 g/mol. The van der Waals surface area contributed by atoms with E-state index in [1.807, 2.05) is 0 Å². The Morgan fingerprint density at radius 2 is 1.60 bits per heavy atom. The van der Waals surface area contributed by atoms with Gasteiger partial charge in [-0.1, -0.05) is 0 Å². The van der Waals surface area contributed by atoms with Gasteiger partial charge in [0.2, 0.25) is 0 Å². The minimum atomic E-state index is 0. The summed E-state index contributed by atoms with van der Waals surface area (Å²) in [6, 6.07) is 0. The number of halogens is 1. The predicted octanol–water partition coefficient (Wildman–Crippen LogP) is -0.0197. The summed E-state index contributed by atoms with van der Waals surface area (Å²) in [5, 5.41) is 3.26. The van der Waals surface area contributed by atoms with E-state index in [1.54, 1.807) is 0 Å². The molecular formula is C6H16ClNO2. The van der Waals surface area contributed by atoms with Gasteiger partial charge in [-0.25, -0.2) is 0 Å². The van der Waals surface area contributed by atoms with E-state index in [0.717, 1.165) is 13.1 Å². The lowest BCUT2D eigenvalue weighted by Gasteiger charge is -2.25. The van der Waals surface area contributed by atoms with Gasteiger partial charge in [0.1, 0.15) is 0 Å². The number of ether oxygens (including phenoxy) is 1. The summed E-state index contributed by atoms with van der Waals surface area (Å²) in [7, 11) is 0. The smallest absolute Gasteiger partial charge is 0.0675 e. The normalized spacial score (nSPS) is 31.8. The molecule has 1 fully saturated rings. The van der Waals surface area contributed by atoms with Crippen LogP contribution in [0.1, 0.15) is 13.8 Å². The summed E-state index contributed by atoms with van der Waals surface area (Å²) in [5.74, 6) is 0. The zero-order valence-electron chi connectivity index (χ0n) is 6.39. The van der Waals surface area contributed by atoms with Crippen LogP contribution >= 0.6 is 12.4 Å². The highest BCUT2D eigenvalue weighted by molar-refractivity contribution is 5.85. The molecule has 64 valence electrons. The Morgan fingerprint density at radius 1 is 1.20 bits per heavy atom. The van der Waals surface area contributed by atoms with Crippen molar-refractivity contribution in [2.24, 2.45) is 0 Å². The summed E-state index contributed by atoms with van der Waals surface area (Å²) in [6.45, 7) is 6.18. The van der Waals surface area contributed by atoms with E-state index in [0.29, 0.717) is 12.2 Å². The first kappa shape index (κ1) is 12.8. The van der Waals surface area contributed by atoms with Gasteiger partial charge in [-0.15, -0.1) is 12.4 Å². The Balaban J connectivity index is 0. The van der Waals surface area contributed by atoms with Gasteiger partial charge in [0.25, 0.3) is 0 Å². The van der Waals surface area contributed by atoms with Gasteiger partial charge in [-0.3, -0.25) is 0 Å². The summed E-state index contributed by atoms with van der Waals surface area (Å²) in [4.78, 5) is 0. The average Bonchev–Trinajstić information content (AvgIpc) is 1.64. The van der Waals surface area contributed by atoms with Crippen LogP contribution in [0.3, 0.4) is 0 Å². The first-order chi connectivity index (χ1) is 3.79. The van der Waals surface area contributed by atoms with Gasteiger partial charge < -0.3 is 15.5 Å². The quantitative estimate of drug-likeness (QED) is 0.554. The van der Waals surface area contributed by atoms with Crippen LogP contribution in [0.25, 0.3) is 0 Å². The number of rotatable bonds is 0. The maximum atomic E-state index is 5.42. The lowest BCUT2D eigenvalue weighted by atomic mass is 10.3. The number of nitrogens with one attached hydrogen (secondary N) is 1. The van der Waals surface area contributed by atoms with Crippen LogP contribution in [-0.2, 0) is 4.74 Å². The maximum absolute atomic E-state index is 5.42. The molecule has 0 bridgehead atoms. The minimum absolute atomic E-state index is 0. The molecule has 1 rings (SSSR count). The molecule has 2 unspecified atom stereocenters. The van der Waals surface area contributed by atoms with E-state index < -0.39 is 0 Å². The molecule has 0 aliphatic carbocycles. The van der Waals surface area contributed by atoms with Crippen molar-refractivity contribution in [3.05, 3.63) is 0 Å². The van der Waals surface area contributed by atoms with Crippen LogP contribution in [0.15, 0.2) is 0 Å². The molecule has 0 spiro atoms. The summed E-state index contributed by atoms with van der Waals surface area (Å²) < 4.78 is 5.42. The molecule has 0 aromatic rings. The first-order valence-electron chi connectivity index (χ1n) is 3.15. The molecule has 4 heteroatoms. The van der Waals surface area contributed by atoms with Crippen molar-refractivity contribution in [3.63, 3.8) is 0 Å². The van der Waals surface area contributed by atoms with Crippen LogP contribution in [0.4, 0.5) is 0 Å². The SMILES string of the molecule is CC1CNCC(C)O1.Cl.O. The van der Waals surface area contributed by atoms with E-state index in [2.05, 4.69) is 19.2 Å². The van der Waals surface area contributed by atoms with E-state index in [4.69, 9.17) is 4.74 Å². The first-order valence-corrected chi connectivity index (χ1v) is 3.15. The highest BCUT2D eigenvalue weighted by Crippen LogP contribution is 2.00. The van der Waals surface area contributed by atoms with Crippen molar-refractivity contribution in [3.8, 4) is 0 Å². The number of hydrogen-bond donors (Lipinski definition) is 1. The molecule has 3 nitrogen and oxygen atoms in total. The molecule has 0 amide bonds. The van der Waals surface area contributed by atoms with Crippen molar-refractivity contribution < 1.29 is 10.2 Å². The average molecular weight is 170 g/mol. The molecule has 1 heterocycles. The van der Waals surface area contributed by atoms with Gasteiger partial charge in [0.15, 0.2) is 0 Å². The van der Waals surface area contributed by atoms with Gasteiger partial charge in [0.05, 0.1) is 12.2 Å². The number of hydrogen-bond acceptors (Lipinski definition) is 2. The lowest BCUT2D eigenvalue weighted by molar-refractivity contribution is -0.0166. The van der Waals surface area contributed by atoms with Crippen LogP contribution in [-0.4, -0.2) is 30.8 Å². The lowest BCUT2D eigenvalue weighted by Crippen LogP contribution is -2.41. The zero-order valence-corrected chi connectivity index (χ0v) is 7.20. The highest BCUT2D eigenvalue weighted by Gasteiger charge is 2.12. The van der Waals surface area contributed by atoms with E-state index >= 15 is 0 Å². The third kappa shape index (κ3) is 4.06. The van der Waals surface area contributed by atoms with Crippen LogP contribution in [0.5, 0.6) is 0 Å². The Kier molecular flexibility index (Phi) is 7.58. The fourth-order valence-corrected chi connectivity index (χ4v) is 0.983. The molecule has 1 saturated heterocycles. The van der Waals surface area contributed by atoms with Gasteiger partial charge in [-0.05, 0) is 13.8 Å². The predicted molar refractivity (Wildman–Crippen MR) is 43.7 cm³/mol. The van der Waals surface area contributed by atoms with Crippen LogP contribution in [0, 0.1) is 0 Å². The molecule has 10 heavy (non-hydrogen) atoms. The third-order valence-corrected chi connectivity index (χ3v) is 1.33. The Hall–Kier alpha value is 0.170. The van der Waals surface area contributed by atoms with Crippen LogP contribution < -0.4 is 5.32 Å². The van der Waals surface area contributed by atoms with E-state index in [1.165, 1.54) is 0 Å². The summed E-state index contributed by atoms with van der Waals surface area (Å²) in [5.41, 5.74) is 0. The molecule has 1 aliphatic rings. The zero-order chi connectivity index (χ0) is 5.98. The van der Waals surface area contributed by atoms with Crippen molar-refractivity contribution >= 4 is 12.4 Å². The molecule has 3 N–H and O–H groups in total. The van der Waals surface area contributed by atoms with Crippen molar-refractivity contribution in [2.45, 2.75) is 26.1 Å². The number of morpholine rings is 1. The van der Waals surface area contributed by atoms with Crippen molar-refractivity contribution in [2.75, 3.05) is 13.1 Å². The summed E-state index contributed by atoms with van der Waals surface area (Å²) in [6.07, 6.45) is 0.803. The second-order valence-corrected chi connectivity index (χ2v) is 2.42. The molecule has 0 saturated carbocycles. The molecule has 0 aromatic carbocycles. The van der Waals surface area contributed by atoms with E-state index in [-0.39, 0.29) is 17.9 Å².